The summed E-state index contributed by atoms with van der Waals surface area (Å²) in [7, 11) is 6.33. The molecule has 2 heterocycles. The Morgan fingerprint density at radius 3 is 2.33 bits per heavy atom. The fourth-order valence-electron chi connectivity index (χ4n) is 4.50. The molecular weight excluding hydrogens is 374 g/mol. The molecule has 1 unspecified atom stereocenters. The van der Waals surface area contributed by atoms with Gasteiger partial charge < -0.3 is 14.7 Å². The fourth-order valence-corrected chi connectivity index (χ4v) is 4.50. The minimum atomic E-state index is -0.0266. The molecule has 0 saturated carbocycles. The Bertz CT molecular complexity index is 1130. The molecule has 158 valence electrons. The fraction of sp³-hybridized carbons (Fsp3) is 0.375. The molecule has 4 rings (SSSR count). The molecule has 0 N–H and O–H groups in total. The molecule has 0 bridgehead atoms. The number of anilines is 2. The van der Waals surface area contributed by atoms with Crippen LogP contribution in [0.4, 0.5) is 11.4 Å². The van der Waals surface area contributed by atoms with Crippen LogP contribution >= 0.6 is 0 Å². The van der Waals surface area contributed by atoms with Gasteiger partial charge in [-0.2, -0.15) is 0 Å². The molecule has 0 spiro atoms. The van der Waals surface area contributed by atoms with Crippen molar-refractivity contribution in [3.8, 4) is 0 Å². The highest BCUT2D eigenvalue weighted by molar-refractivity contribution is 5.80. The SMILES string of the molecule is C=C(C)n1c(=O)n(CC2N(C)c3ccccc3N2CCCN(C)C)c2ccccc21. The number of rotatable bonds is 7. The van der Waals surface area contributed by atoms with Gasteiger partial charge in [-0.3, -0.25) is 9.13 Å². The number of nitrogens with zero attached hydrogens (tertiary/aromatic N) is 5. The number of benzene rings is 2. The van der Waals surface area contributed by atoms with Crippen LogP contribution in [-0.2, 0) is 6.54 Å². The minimum absolute atomic E-state index is 0.0266. The Labute approximate surface area is 178 Å². The number of fused-ring (bicyclic) bond motifs is 2. The molecule has 0 radical (unpaired) electrons. The first-order valence-electron chi connectivity index (χ1n) is 10.5. The third kappa shape index (κ3) is 3.41. The van der Waals surface area contributed by atoms with E-state index < -0.39 is 0 Å². The molecule has 2 aromatic carbocycles. The van der Waals surface area contributed by atoms with Gasteiger partial charge in [-0.1, -0.05) is 30.8 Å². The van der Waals surface area contributed by atoms with Gasteiger partial charge in [-0.15, -0.1) is 0 Å². The highest BCUT2D eigenvalue weighted by Gasteiger charge is 2.34. The van der Waals surface area contributed by atoms with Crippen LogP contribution in [0, 0.1) is 0 Å². The smallest absolute Gasteiger partial charge is 0.333 e. The molecule has 0 aliphatic carbocycles. The zero-order chi connectivity index (χ0) is 21.4. The molecular formula is C24H31N5O. The number of likely N-dealkylation sites (N-methyl/N-ethyl adjacent to an activating group) is 1. The van der Waals surface area contributed by atoms with Gasteiger partial charge in [0.05, 0.1) is 29.0 Å². The molecule has 1 atom stereocenters. The first kappa shape index (κ1) is 20.3. The lowest BCUT2D eigenvalue weighted by Gasteiger charge is -2.31. The van der Waals surface area contributed by atoms with Crippen molar-refractivity contribution in [2.24, 2.45) is 0 Å². The molecule has 30 heavy (non-hydrogen) atoms. The van der Waals surface area contributed by atoms with Crippen LogP contribution in [0.2, 0.25) is 0 Å². The predicted molar refractivity (Wildman–Crippen MR) is 126 cm³/mol. The zero-order valence-electron chi connectivity index (χ0n) is 18.4. The lowest BCUT2D eigenvalue weighted by Crippen LogP contribution is -2.46. The van der Waals surface area contributed by atoms with Crippen molar-refractivity contribution < 1.29 is 0 Å². The molecule has 3 aromatic rings. The van der Waals surface area contributed by atoms with Gasteiger partial charge in [0.1, 0.15) is 6.17 Å². The molecule has 1 aromatic heterocycles. The Hall–Kier alpha value is -2.99. The quantitative estimate of drug-likeness (QED) is 0.603. The lowest BCUT2D eigenvalue weighted by molar-refractivity contribution is 0.394. The van der Waals surface area contributed by atoms with Crippen LogP contribution in [0.1, 0.15) is 13.3 Å². The summed E-state index contributed by atoms with van der Waals surface area (Å²) in [5.41, 5.74) is 5.02. The van der Waals surface area contributed by atoms with Crippen LogP contribution in [0.15, 0.2) is 59.9 Å². The van der Waals surface area contributed by atoms with Crippen molar-refractivity contribution in [2.75, 3.05) is 44.0 Å². The normalized spacial score (nSPS) is 16.0. The molecule has 6 nitrogen and oxygen atoms in total. The highest BCUT2D eigenvalue weighted by Crippen LogP contribution is 2.39. The predicted octanol–water partition coefficient (Wildman–Crippen LogP) is 3.53. The van der Waals surface area contributed by atoms with Crippen molar-refractivity contribution in [3.05, 3.63) is 65.6 Å². The van der Waals surface area contributed by atoms with Crippen molar-refractivity contribution in [1.29, 1.82) is 0 Å². The molecule has 1 aliphatic heterocycles. The second kappa shape index (κ2) is 8.03. The maximum atomic E-state index is 13.3. The molecule has 0 fully saturated rings. The third-order valence-corrected chi connectivity index (χ3v) is 5.95. The summed E-state index contributed by atoms with van der Waals surface area (Å²) in [4.78, 5) is 20.3. The summed E-state index contributed by atoms with van der Waals surface area (Å²) < 4.78 is 3.61. The Morgan fingerprint density at radius 2 is 1.67 bits per heavy atom. The summed E-state index contributed by atoms with van der Waals surface area (Å²) in [6.07, 6.45) is 1.14. The standard InChI is InChI=1S/C24H31N5O/c1-18(2)29-22-14-9-8-13-21(22)28(24(29)30)17-23-26(5)19-11-6-7-12-20(19)27(23)16-10-15-25(3)4/h6-9,11-14,23H,1,10,15-17H2,2-5H3. The Morgan fingerprint density at radius 1 is 1.03 bits per heavy atom. The van der Waals surface area contributed by atoms with Crippen LogP contribution in [0.5, 0.6) is 0 Å². The average molecular weight is 406 g/mol. The summed E-state index contributed by atoms with van der Waals surface area (Å²) in [6, 6.07) is 16.5. The van der Waals surface area contributed by atoms with Crippen molar-refractivity contribution in [1.82, 2.24) is 14.0 Å². The van der Waals surface area contributed by atoms with Gasteiger partial charge in [0.15, 0.2) is 0 Å². The molecule has 6 heteroatoms. The molecule has 0 amide bonds. The minimum Gasteiger partial charge on any atom is -0.351 e. The van der Waals surface area contributed by atoms with Crippen LogP contribution in [-0.4, -0.2) is 54.4 Å². The summed E-state index contributed by atoms with van der Waals surface area (Å²) in [6.45, 7) is 8.47. The van der Waals surface area contributed by atoms with Gasteiger partial charge in [0.2, 0.25) is 0 Å². The van der Waals surface area contributed by atoms with Crippen LogP contribution in [0.25, 0.3) is 16.7 Å². The second-order valence-corrected chi connectivity index (χ2v) is 8.38. The van der Waals surface area contributed by atoms with Crippen molar-refractivity contribution in [3.63, 3.8) is 0 Å². The van der Waals surface area contributed by atoms with E-state index >= 15 is 0 Å². The second-order valence-electron chi connectivity index (χ2n) is 8.38. The monoisotopic (exact) mass is 405 g/mol. The van der Waals surface area contributed by atoms with Gasteiger partial charge in [-0.25, -0.2) is 4.79 Å². The number of hydrogen-bond donors (Lipinski definition) is 0. The lowest BCUT2D eigenvalue weighted by atomic mass is 10.2. The van der Waals surface area contributed by atoms with Crippen LogP contribution < -0.4 is 15.5 Å². The molecule has 0 saturated heterocycles. The first-order chi connectivity index (χ1) is 14.4. The number of allylic oxidation sites excluding steroid dienone is 1. The maximum absolute atomic E-state index is 13.3. The van der Waals surface area contributed by atoms with E-state index in [-0.39, 0.29) is 11.9 Å². The van der Waals surface area contributed by atoms with E-state index in [0.29, 0.717) is 6.54 Å². The topological polar surface area (TPSA) is 36.7 Å². The number of aromatic nitrogens is 2. The van der Waals surface area contributed by atoms with E-state index in [2.05, 4.69) is 66.7 Å². The number of hydrogen-bond acceptors (Lipinski definition) is 4. The zero-order valence-corrected chi connectivity index (χ0v) is 18.4. The Kier molecular flexibility index (Phi) is 5.43. The maximum Gasteiger partial charge on any atom is 0.333 e. The van der Waals surface area contributed by atoms with Gasteiger partial charge in [0.25, 0.3) is 0 Å². The summed E-state index contributed by atoms with van der Waals surface area (Å²) >= 11 is 0. The van der Waals surface area contributed by atoms with E-state index in [9.17, 15) is 4.79 Å². The van der Waals surface area contributed by atoms with E-state index in [0.717, 1.165) is 36.2 Å². The van der Waals surface area contributed by atoms with E-state index in [1.165, 1.54) is 11.4 Å². The van der Waals surface area contributed by atoms with Gasteiger partial charge >= 0.3 is 5.69 Å². The Balaban J connectivity index is 1.74. The molecule has 1 aliphatic rings. The summed E-state index contributed by atoms with van der Waals surface area (Å²) in [5, 5.41) is 0. The highest BCUT2D eigenvalue weighted by atomic mass is 16.1. The third-order valence-electron chi connectivity index (χ3n) is 5.95. The number of para-hydroxylation sites is 4. The summed E-state index contributed by atoms with van der Waals surface area (Å²) in [5.74, 6) is 0. The largest absolute Gasteiger partial charge is 0.351 e. The average Bonchev–Trinajstić information content (AvgIpc) is 3.14. The van der Waals surface area contributed by atoms with Crippen LogP contribution in [0.3, 0.4) is 0 Å². The van der Waals surface area contributed by atoms with E-state index in [4.69, 9.17) is 0 Å². The number of imidazole rings is 1. The van der Waals surface area contributed by atoms with Crippen molar-refractivity contribution >= 4 is 28.1 Å². The van der Waals surface area contributed by atoms with Gasteiger partial charge in [0, 0.05) is 19.3 Å². The van der Waals surface area contributed by atoms with Gasteiger partial charge in [-0.05, 0) is 58.3 Å². The van der Waals surface area contributed by atoms with Crippen molar-refractivity contribution in [2.45, 2.75) is 26.1 Å². The first-order valence-corrected chi connectivity index (χ1v) is 10.5. The van der Waals surface area contributed by atoms with E-state index in [1.54, 1.807) is 4.57 Å². The van der Waals surface area contributed by atoms with E-state index in [1.807, 2.05) is 35.8 Å².